The van der Waals surface area contributed by atoms with Crippen LogP contribution < -0.4 is 10.1 Å². The minimum absolute atomic E-state index is 0.206. The van der Waals surface area contributed by atoms with Gasteiger partial charge in [-0.3, -0.25) is 4.98 Å². The second-order valence-electron chi connectivity index (χ2n) is 5.20. The van der Waals surface area contributed by atoms with Gasteiger partial charge < -0.3 is 10.1 Å². The molecule has 1 N–H and O–H groups in total. The molecule has 4 heteroatoms. The standard InChI is InChI=1S/C17H21ClN2O/c1-11-9-20-16(12(2)17(11)21-4)10-19-13(3)14-6-5-7-15(18)8-14/h5-9,13,19H,10H2,1-4H3. The fraction of sp³-hybridized carbons (Fsp3) is 0.353. The molecule has 2 aromatic rings. The minimum Gasteiger partial charge on any atom is -0.496 e. The molecule has 0 radical (unpaired) electrons. The summed E-state index contributed by atoms with van der Waals surface area (Å²) in [7, 11) is 1.70. The monoisotopic (exact) mass is 304 g/mol. The Morgan fingerprint density at radius 3 is 2.76 bits per heavy atom. The van der Waals surface area contributed by atoms with E-state index in [2.05, 4.69) is 23.3 Å². The van der Waals surface area contributed by atoms with Crippen LogP contribution in [0, 0.1) is 13.8 Å². The van der Waals surface area contributed by atoms with E-state index in [0.29, 0.717) is 6.54 Å². The van der Waals surface area contributed by atoms with Crippen molar-refractivity contribution in [2.24, 2.45) is 0 Å². The van der Waals surface area contributed by atoms with E-state index in [-0.39, 0.29) is 6.04 Å². The second-order valence-corrected chi connectivity index (χ2v) is 5.64. The van der Waals surface area contributed by atoms with Crippen LogP contribution in [-0.4, -0.2) is 12.1 Å². The molecule has 2 rings (SSSR count). The summed E-state index contributed by atoms with van der Waals surface area (Å²) >= 11 is 6.03. The lowest BCUT2D eigenvalue weighted by molar-refractivity contribution is 0.406. The number of aryl methyl sites for hydroxylation is 1. The summed E-state index contributed by atoms with van der Waals surface area (Å²) in [6, 6.07) is 8.11. The average molecular weight is 305 g/mol. The lowest BCUT2D eigenvalue weighted by atomic mass is 10.1. The van der Waals surface area contributed by atoms with Crippen LogP contribution in [0.5, 0.6) is 5.75 Å². The summed E-state index contributed by atoms with van der Waals surface area (Å²) in [5.41, 5.74) is 4.32. The highest BCUT2D eigenvalue weighted by Crippen LogP contribution is 2.24. The van der Waals surface area contributed by atoms with E-state index in [0.717, 1.165) is 27.6 Å². The highest BCUT2D eigenvalue weighted by molar-refractivity contribution is 6.30. The van der Waals surface area contributed by atoms with Crippen LogP contribution in [0.4, 0.5) is 0 Å². The van der Waals surface area contributed by atoms with E-state index in [9.17, 15) is 0 Å². The smallest absolute Gasteiger partial charge is 0.128 e. The SMILES string of the molecule is COc1c(C)cnc(CNC(C)c2cccc(Cl)c2)c1C. The molecule has 0 aliphatic heterocycles. The lowest BCUT2D eigenvalue weighted by Gasteiger charge is -2.17. The quantitative estimate of drug-likeness (QED) is 0.898. The molecule has 0 fully saturated rings. The van der Waals surface area contributed by atoms with Gasteiger partial charge in [0.05, 0.1) is 12.8 Å². The molecule has 1 heterocycles. The van der Waals surface area contributed by atoms with E-state index in [1.54, 1.807) is 7.11 Å². The normalized spacial score (nSPS) is 12.2. The van der Waals surface area contributed by atoms with Gasteiger partial charge in [-0.15, -0.1) is 0 Å². The molecule has 0 bridgehead atoms. The van der Waals surface area contributed by atoms with Crippen molar-refractivity contribution >= 4 is 11.6 Å². The van der Waals surface area contributed by atoms with E-state index in [4.69, 9.17) is 16.3 Å². The third-order valence-electron chi connectivity index (χ3n) is 3.67. The summed E-state index contributed by atoms with van der Waals surface area (Å²) in [5, 5.41) is 4.23. The predicted molar refractivity (Wildman–Crippen MR) is 87.0 cm³/mol. The third kappa shape index (κ3) is 3.74. The summed E-state index contributed by atoms with van der Waals surface area (Å²) in [5.74, 6) is 0.914. The van der Waals surface area contributed by atoms with Gasteiger partial charge in [-0.05, 0) is 38.5 Å². The molecule has 112 valence electrons. The van der Waals surface area contributed by atoms with Gasteiger partial charge in [0.15, 0.2) is 0 Å². The van der Waals surface area contributed by atoms with Crippen LogP contribution >= 0.6 is 11.6 Å². The largest absolute Gasteiger partial charge is 0.496 e. The highest BCUT2D eigenvalue weighted by atomic mass is 35.5. The fourth-order valence-corrected chi connectivity index (χ4v) is 2.59. The molecule has 0 aliphatic rings. The first-order valence-corrected chi connectivity index (χ1v) is 7.38. The Balaban J connectivity index is 2.10. The molecular formula is C17H21ClN2O. The van der Waals surface area contributed by atoms with Crippen LogP contribution in [0.2, 0.25) is 5.02 Å². The molecule has 3 nitrogen and oxygen atoms in total. The van der Waals surface area contributed by atoms with Crippen molar-refractivity contribution in [1.29, 1.82) is 0 Å². The molecule has 0 amide bonds. The molecule has 1 aromatic carbocycles. The molecule has 0 saturated carbocycles. The fourth-order valence-electron chi connectivity index (χ4n) is 2.39. The van der Waals surface area contributed by atoms with Crippen LogP contribution in [0.25, 0.3) is 0 Å². The zero-order chi connectivity index (χ0) is 15.4. The first-order valence-electron chi connectivity index (χ1n) is 7.01. The Kier molecular flexibility index (Phi) is 5.21. The maximum absolute atomic E-state index is 6.03. The number of hydrogen-bond donors (Lipinski definition) is 1. The molecule has 21 heavy (non-hydrogen) atoms. The average Bonchev–Trinajstić information content (AvgIpc) is 2.46. The van der Waals surface area contributed by atoms with Crippen LogP contribution in [0.1, 0.15) is 35.3 Å². The number of nitrogens with one attached hydrogen (secondary N) is 1. The van der Waals surface area contributed by atoms with Gasteiger partial charge >= 0.3 is 0 Å². The Labute approximate surface area is 131 Å². The Morgan fingerprint density at radius 1 is 1.33 bits per heavy atom. The molecule has 1 atom stereocenters. The van der Waals surface area contributed by atoms with E-state index < -0.39 is 0 Å². The Morgan fingerprint density at radius 2 is 2.10 bits per heavy atom. The summed E-state index contributed by atoms with van der Waals surface area (Å²) in [6.07, 6.45) is 1.85. The number of aromatic nitrogens is 1. The van der Waals surface area contributed by atoms with Gasteiger partial charge in [-0.2, -0.15) is 0 Å². The van der Waals surface area contributed by atoms with Gasteiger partial charge in [0.1, 0.15) is 5.75 Å². The van der Waals surface area contributed by atoms with Crippen molar-refractivity contribution in [3.05, 3.63) is 57.9 Å². The summed E-state index contributed by atoms with van der Waals surface area (Å²) in [6.45, 7) is 6.85. The van der Waals surface area contributed by atoms with Gasteiger partial charge in [-0.1, -0.05) is 23.7 Å². The maximum Gasteiger partial charge on any atom is 0.128 e. The van der Waals surface area contributed by atoms with Gasteiger partial charge in [0.2, 0.25) is 0 Å². The van der Waals surface area contributed by atoms with Gasteiger partial charge in [-0.25, -0.2) is 0 Å². The zero-order valence-electron chi connectivity index (χ0n) is 12.9. The van der Waals surface area contributed by atoms with Crippen molar-refractivity contribution in [2.75, 3.05) is 7.11 Å². The number of ether oxygens (including phenoxy) is 1. The number of halogens is 1. The number of pyridine rings is 1. The number of rotatable bonds is 5. The van der Waals surface area contributed by atoms with Gasteiger partial charge in [0, 0.05) is 34.9 Å². The Bertz CT molecular complexity index is 628. The molecule has 0 saturated heterocycles. The number of hydrogen-bond acceptors (Lipinski definition) is 3. The topological polar surface area (TPSA) is 34.1 Å². The highest BCUT2D eigenvalue weighted by Gasteiger charge is 2.11. The van der Waals surface area contributed by atoms with Crippen molar-refractivity contribution < 1.29 is 4.74 Å². The van der Waals surface area contributed by atoms with Crippen LogP contribution in [-0.2, 0) is 6.54 Å². The molecule has 0 spiro atoms. The van der Waals surface area contributed by atoms with Crippen LogP contribution in [0.15, 0.2) is 30.5 Å². The van der Waals surface area contributed by atoms with E-state index >= 15 is 0 Å². The predicted octanol–water partition coefficient (Wildman–Crippen LogP) is 4.21. The summed E-state index contributed by atoms with van der Waals surface area (Å²) < 4.78 is 5.44. The van der Waals surface area contributed by atoms with E-state index in [1.165, 1.54) is 5.56 Å². The minimum atomic E-state index is 0.206. The number of methoxy groups -OCH3 is 1. The number of benzene rings is 1. The first-order chi connectivity index (χ1) is 10.0. The molecule has 1 unspecified atom stereocenters. The maximum atomic E-state index is 6.03. The third-order valence-corrected chi connectivity index (χ3v) is 3.91. The van der Waals surface area contributed by atoms with Crippen molar-refractivity contribution in [3.8, 4) is 5.75 Å². The molecule has 0 aliphatic carbocycles. The van der Waals surface area contributed by atoms with Crippen molar-refractivity contribution in [1.82, 2.24) is 10.3 Å². The summed E-state index contributed by atoms with van der Waals surface area (Å²) in [4.78, 5) is 4.50. The molecular weight excluding hydrogens is 284 g/mol. The first kappa shape index (κ1) is 15.8. The van der Waals surface area contributed by atoms with Crippen LogP contribution in [0.3, 0.4) is 0 Å². The van der Waals surface area contributed by atoms with Crippen molar-refractivity contribution in [3.63, 3.8) is 0 Å². The second kappa shape index (κ2) is 6.92. The molecule has 1 aromatic heterocycles. The van der Waals surface area contributed by atoms with E-state index in [1.807, 2.05) is 38.2 Å². The lowest BCUT2D eigenvalue weighted by Crippen LogP contribution is -2.19. The van der Waals surface area contributed by atoms with Gasteiger partial charge in [0.25, 0.3) is 0 Å². The van der Waals surface area contributed by atoms with Crippen molar-refractivity contribution in [2.45, 2.75) is 33.4 Å². The zero-order valence-corrected chi connectivity index (χ0v) is 13.7. The Hall–Kier alpha value is -1.58. The number of nitrogens with zero attached hydrogens (tertiary/aromatic N) is 1.